The molecular weight excluding hydrogens is 437 g/mol. The highest BCUT2D eigenvalue weighted by atomic mass is 19.2. The van der Waals surface area contributed by atoms with Crippen molar-refractivity contribution in [3.8, 4) is 5.75 Å². The van der Waals surface area contributed by atoms with Gasteiger partial charge < -0.3 is 9.84 Å². The van der Waals surface area contributed by atoms with Gasteiger partial charge in [-0.2, -0.15) is 0 Å². The number of benzene rings is 2. The van der Waals surface area contributed by atoms with E-state index in [0.717, 1.165) is 56.9 Å². The van der Waals surface area contributed by atoms with Crippen LogP contribution in [0.2, 0.25) is 0 Å². The Morgan fingerprint density at radius 2 is 1.50 bits per heavy atom. The number of rotatable bonds is 7. The zero-order valence-electron chi connectivity index (χ0n) is 19.9. The summed E-state index contributed by atoms with van der Waals surface area (Å²) in [6.07, 6.45) is 10.5. The molecule has 0 aliphatic heterocycles. The normalized spacial score (nSPS) is 25.6. The lowest BCUT2D eigenvalue weighted by atomic mass is 9.78. The molecule has 0 saturated heterocycles. The maximum atomic E-state index is 14.8. The first-order valence-electron chi connectivity index (χ1n) is 12.7. The molecule has 0 unspecified atom stereocenters. The van der Waals surface area contributed by atoms with E-state index >= 15 is 0 Å². The van der Waals surface area contributed by atoms with Gasteiger partial charge in [-0.05, 0) is 99.2 Å². The number of allylic oxidation sites excluding steroid dienone is 1. The minimum absolute atomic E-state index is 0.0219. The summed E-state index contributed by atoms with van der Waals surface area (Å²) >= 11 is 0. The first-order chi connectivity index (χ1) is 16.5. The molecule has 0 bridgehead atoms. The number of aliphatic hydroxyl groups is 1. The Labute approximate surface area is 200 Å². The second kappa shape index (κ2) is 11.4. The van der Waals surface area contributed by atoms with E-state index in [1.54, 1.807) is 18.2 Å². The average Bonchev–Trinajstić information content (AvgIpc) is 2.86. The molecule has 2 saturated carbocycles. The number of ether oxygens (including phenoxy) is 1. The van der Waals surface area contributed by atoms with Gasteiger partial charge in [-0.25, -0.2) is 13.2 Å². The van der Waals surface area contributed by atoms with Crippen molar-refractivity contribution in [2.45, 2.75) is 70.1 Å². The van der Waals surface area contributed by atoms with Crippen molar-refractivity contribution in [2.24, 2.45) is 11.8 Å². The minimum Gasteiger partial charge on any atom is -0.494 e. The number of hydrogen-bond donors (Lipinski definition) is 1. The van der Waals surface area contributed by atoms with Gasteiger partial charge in [-0.3, -0.25) is 0 Å². The van der Waals surface area contributed by atoms with Gasteiger partial charge in [0.25, 0.3) is 0 Å². The quantitative estimate of drug-likeness (QED) is 0.446. The summed E-state index contributed by atoms with van der Waals surface area (Å²) in [7, 11) is 0. The Hall–Kier alpha value is -2.27. The maximum absolute atomic E-state index is 14.8. The van der Waals surface area contributed by atoms with E-state index in [1.807, 2.05) is 25.1 Å². The maximum Gasteiger partial charge on any atom is 0.166 e. The van der Waals surface area contributed by atoms with Gasteiger partial charge in [0.05, 0.1) is 6.61 Å². The Bertz CT molecular complexity index is 987. The molecular formula is C29H35F3O2. The van der Waals surface area contributed by atoms with Gasteiger partial charge in [0.1, 0.15) is 11.6 Å². The molecule has 0 atom stereocenters. The molecule has 5 heteroatoms. The van der Waals surface area contributed by atoms with Gasteiger partial charge in [0.15, 0.2) is 11.6 Å². The average molecular weight is 473 g/mol. The second-order valence-electron chi connectivity index (χ2n) is 9.86. The van der Waals surface area contributed by atoms with Gasteiger partial charge >= 0.3 is 0 Å². The molecule has 2 aliphatic carbocycles. The van der Waals surface area contributed by atoms with E-state index in [-0.39, 0.29) is 41.7 Å². The highest BCUT2D eigenvalue weighted by Crippen LogP contribution is 2.39. The molecule has 0 radical (unpaired) electrons. The van der Waals surface area contributed by atoms with Crippen LogP contribution in [-0.2, 0) is 0 Å². The third kappa shape index (κ3) is 5.68. The van der Waals surface area contributed by atoms with Crippen LogP contribution in [-0.4, -0.2) is 18.3 Å². The minimum atomic E-state index is -0.775. The van der Waals surface area contributed by atoms with Crippen LogP contribution >= 0.6 is 0 Å². The zero-order valence-corrected chi connectivity index (χ0v) is 19.9. The molecule has 0 heterocycles. The number of aliphatic hydroxyl groups excluding tert-OH is 1. The van der Waals surface area contributed by atoms with Crippen molar-refractivity contribution in [1.82, 2.24) is 0 Å². The molecule has 2 nitrogen and oxygen atoms in total. The third-order valence-corrected chi connectivity index (χ3v) is 7.73. The predicted molar refractivity (Wildman–Crippen MR) is 129 cm³/mol. The van der Waals surface area contributed by atoms with Crippen molar-refractivity contribution in [3.05, 3.63) is 70.5 Å². The molecule has 0 spiro atoms. The molecule has 4 rings (SSSR count). The summed E-state index contributed by atoms with van der Waals surface area (Å²) < 4.78 is 49.6. The Morgan fingerprint density at radius 1 is 0.853 bits per heavy atom. The van der Waals surface area contributed by atoms with Crippen molar-refractivity contribution in [3.63, 3.8) is 0 Å². The van der Waals surface area contributed by atoms with Gasteiger partial charge in [0, 0.05) is 18.2 Å². The van der Waals surface area contributed by atoms with Gasteiger partial charge in [-0.15, -0.1) is 0 Å². The van der Waals surface area contributed by atoms with E-state index in [0.29, 0.717) is 17.9 Å². The fourth-order valence-electron chi connectivity index (χ4n) is 5.64. The van der Waals surface area contributed by atoms with E-state index in [4.69, 9.17) is 4.74 Å². The molecule has 0 aromatic heterocycles. The first-order valence-corrected chi connectivity index (χ1v) is 12.7. The molecule has 2 aromatic carbocycles. The van der Waals surface area contributed by atoms with Crippen LogP contribution < -0.4 is 4.74 Å². The molecule has 2 fully saturated rings. The van der Waals surface area contributed by atoms with Crippen molar-refractivity contribution < 1.29 is 23.0 Å². The zero-order chi connectivity index (χ0) is 24.1. The van der Waals surface area contributed by atoms with Crippen LogP contribution in [0.3, 0.4) is 0 Å². The largest absolute Gasteiger partial charge is 0.494 e. The second-order valence-corrected chi connectivity index (χ2v) is 9.86. The van der Waals surface area contributed by atoms with Gasteiger partial charge in [0.2, 0.25) is 0 Å². The highest BCUT2D eigenvalue weighted by Gasteiger charge is 2.26. The predicted octanol–water partition coefficient (Wildman–Crippen LogP) is 7.76. The van der Waals surface area contributed by atoms with Gasteiger partial charge in [-0.1, -0.05) is 30.4 Å². The van der Waals surface area contributed by atoms with E-state index in [2.05, 4.69) is 0 Å². The van der Waals surface area contributed by atoms with Crippen LogP contribution in [0.25, 0.3) is 6.08 Å². The molecule has 2 aromatic rings. The van der Waals surface area contributed by atoms with E-state index in [9.17, 15) is 18.3 Å². The van der Waals surface area contributed by atoms with Crippen LogP contribution in [0.5, 0.6) is 5.75 Å². The standard InChI is InChI=1S/C29H35F3O2/c1-2-34-24-14-16-25(27(30)17-24)21-8-3-19(4-9-21)5-12-23-13-15-26(29(32)28(23)31)22-10-6-20(18-33)7-11-22/h5,12-17,19-22,33H,2-4,6-11,18H2,1H3/b12-5+. The monoisotopic (exact) mass is 472 g/mol. The highest BCUT2D eigenvalue weighted by molar-refractivity contribution is 5.52. The molecule has 0 amide bonds. The van der Waals surface area contributed by atoms with E-state index in [1.165, 1.54) is 6.07 Å². The van der Waals surface area contributed by atoms with Crippen molar-refractivity contribution in [2.75, 3.05) is 13.2 Å². The first kappa shape index (κ1) is 24.8. The SMILES string of the molecule is CCOc1ccc(C2CCC(/C=C/c3ccc(C4CCC(CO)CC4)c(F)c3F)CC2)c(F)c1. The molecule has 184 valence electrons. The lowest BCUT2D eigenvalue weighted by Crippen LogP contribution is -2.17. The third-order valence-electron chi connectivity index (χ3n) is 7.73. The summed E-state index contributed by atoms with van der Waals surface area (Å²) in [5, 5.41) is 9.30. The van der Waals surface area contributed by atoms with Crippen LogP contribution in [0.4, 0.5) is 13.2 Å². The lowest BCUT2D eigenvalue weighted by molar-refractivity contribution is 0.181. The van der Waals surface area contributed by atoms with Crippen molar-refractivity contribution >= 4 is 6.08 Å². The van der Waals surface area contributed by atoms with Crippen LogP contribution in [0, 0.1) is 29.3 Å². The summed E-state index contributed by atoms with van der Waals surface area (Å²) in [5.74, 6) is -0.410. The Morgan fingerprint density at radius 3 is 2.15 bits per heavy atom. The topological polar surface area (TPSA) is 29.5 Å². The summed E-state index contributed by atoms with van der Waals surface area (Å²) in [6.45, 7) is 2.55. The van der Waals surface area contributed by atoms with Crippen molar-refractivity contribution in [1.29, 1.82) is 0 Å². The number of halogens is 3. The Balaban J connectivity index is 1.35. The summed E-state index contributed by atoms with van der Waals surface area (Å²) in [6, 6.07) is 8.53. The van der Waals surface area contributed by atoms with E-state index < -0.39 is 11.6 Å². The molecule has 34 heavy (non-hydrogen) atoms. The summed E-state index contributed by atoms with van der Waals surface area (Å²) in [4.78, 5) is 0. The van der Waals surface area contributed by atoms with Crippen LogP contribution in [0.1, 0.15) is 86.8 Å². The molecule has 1 N–H and O–H groups in total. The fourth-order valence-corrected chi connectivity index (χ4v) is 5.64. The van der Waals surface area contributed by atoms with Crippen LogP contribution in [0.15, 0.2) is 36.4 Å². The smallest absolute Gasteiger partial charge is 0.166 e. The lowest BCUT2D eigenvalue weighted by Gasteiger charge is -2.28. The Kier molecular flexibility index (Phi) is 8.36. The summed E-state index contributed by atoms with van der Waals surface area (Å²) in [5.41, 5.74) is 1.48. The molecule has 2 aliphatic rings. The fraction of sp³-hybridized carbons (Fsp3) is 0.517. The number of hydrogen-bond acceptors (Lipinski definition) is 2.